The average Bonchev–Trinajstić information content (AvgIpc) is 3.47. The van der Waals surface area contributed by atoms with Gasteiger partial charge in [-0.1, -0.05) is 234 Å². The van der Waals surface area contributed by atoms with E-state index in [1.165, 1.54) is 122 Å². The van der Waals surface area contributed by atoms with Gasteiger partial charge in [-0.3, -0.25) is 18.9 Å². The van der Waals surface area contributed by atoms with Gasteiger partial charge in [0.1, 0.15) is 54.9 Å². The topological polar surface area (TPSA) is 300 Å². The van der Waals surface area contributed by atoms with E-state index in [0.717, 1.165) is 88.9 Å². The predicted octanol–water partition coefficient (Wildman–Crippen LogP) is 10.4. The van der Waals surface area contributed by atoms with Gasteiger partial charge in [-0.15, -0.1) is 0 Å². The molecule has 0 saturated carbocycles. The zero-order chi connectivity index (χ0) is 61.3. The largest absolute Gasteiger partial charge is 0.472 e. The molecule has 2 aliphatic heterocycles. The van der Waals surface area contributed by atoms with Gasteiger partial charge >= 0.3 is 13.8 Å². The van der Waals surface area contributed by atoms with Crippen molar-refractivity contribution in [2.45, 2.75) is 352 Å². The summed E-state index contributed by atoms with van der Waals surface area (Å²) in [7, 11) is -5.32. The van der Waals surface area contributed by atoms with Gasteiger partial charge in [-0.25, -0.2) is 4.57 Å². The van der Waals surface area contributed by atoms with Crippen molar-refractivity contribution in [3.8, 4) is 0 Å². The van der Waals surface area contributed by atoms with Gasteiger partial charge in [-0.05, 0) is 37.5 Å². The normalized spacial score (nSPS) is 23.8. The van der Waals surface area contributed by atoms with Crippen LogP contribution < -0.4 is 10.6 Å². The third-order valence-electron chi connectivity index (χ3n) is 16.4. The molecule has 0 radical (unpaired) electrons. The Morgan fingerprint density at radius 2 is 0.892 bits per heavy atom. The number of aliphatic hydroxyl groups excluding tert-OH is 6. The summed E-state index contributed by atoms with van der Waals surface area (Å²) in [6.07, 6.45) is 23.2. The molecule has 19 nitrogen and oxygen atoms in total. The number of unbranched alkanes of at least 4 members (excludes halogenated alkanes) is 28. The molecule has 0 aromatic heterocycles. The molecule has 83 heavy (non-hydrogen) atoms. The van der Waals surface area contributed by atoms with E-state index in [-0.39, 0.29) is 25.2 Å². The smallest absolute Gasteiger partial charge is 0.462 e. The van der Waals surface area contributed by atoms with Crippen LogP contribution in [-0.4, -0.2) is 151 Å². The minimum absolute atomic E-state index is 0.228. The van der Waals surface area contributed by atoms with Crippen molar-refractivity contribution in [3.63, 3.8) is 0 Å². The van der Waals surface area contributed by atoms with Crippen LogP contribution in [-0.2, 0) is 42.4 Å². The lowest BCUT2D eigenvalue weighted by Crippen LogP contribution is -2.66. The molecule has 12 atom stereocenters. The lowest BCUT2D eigenvalue weighted by atomic mass is 9.92. The molecule has 2 aliphatic rings. The van der Waals surface area contributed by atoms with Crippen molar-refractivity contribution >= 4 is 25.6 Å². The van der Waals surface area contributed by atoms with Crippen molar-refractivity contribution in [2.75, 3.05) is 19.8 Å². The number of rotatable bonds is 52. The molecular formula is C63H121N2O17P. The summed E-state index contributed by atoms with van der Waals surface area (Å²) in [5.41, 5.74) is 0. The number of carbonyl (C=O) groups excluding carboxylic acids is 3. The lowest BCUT2D eigenvalue weighted by molar-refractivity contribution is -0.255. The Labute approximate surface area is 500 Å². The zero-order valence-corrected chi connectivity index (χ0v) is 53.2. The third-order valence-corrected chi connectivity index (χ3v) is 16.9. The molecule has 0 aromatic rings. The maximum absolute atomic E-state index is 13.9. The highest BCUT2D eigenvalue weighted by Gasteiger charge is 2.49. The Hall–Kier alpha value is -1.84. The number of nitrogens with one attached hydrogen (secondary N) is 2. The van der Waals surface area contributed by atoms with Crippen LogP contribution >= 0.6 is 7.82 Å². The Morgan fingerprint density at radius 3 is 1.36 bits per heavy atom. The van der Waals surface area contributed by atoms with Gasteiger partial charge in [0.25, 0.3) is 0 Å². The molecule has 20 heteroatoms. The summed E-state index contributed by atoms with van der Waals surface area (Å²) in [4.78, 5) is 59.7. The van der Waals surface area contributed by atoms with Gasteiger partial charge in [0.15, 0.2) is 6.29 Å². The Balaban J connectivity index is 2.00. The van der Waals surface area contributed by atoms with Gasteiger partial charge in [0.2, 0.25) is 11.8 Å². The molecule has 2 amide bonds. The summed E-state index contributed by atoms with van der Waals surface area (Å²) in [5, 5.41) is 70.4. The second kappa shape index (κ2) is 47.2. The standard InChI is InChI=1S/C63H121N2O17P/c1-6-7-8-9-10-11-12-13-14-21-26-31-36-41-56(70)79-50(40-35-30-25-20-16-18-23-28-33-38-48(4)5)43-55(69)64-57-52(80-51(44-66)59(71)61(57)73)45-78-46-53-60(72)62(74)58(63(81-53)82-83(75,76)77)65-54(68)42-49(67)39-34-29-24-19-15-17-22-27-32-37-47(2)3/h47-53,57-63,66-67,71-74H,6-46H2,1-5H3,(H,64,69)(H,65,68)(H2,75,76,77)/t49?,50?,51-,52+,53-,57+,58-,59-,60-,61-,62-,63-/m1/s1. The number of phosphoric ester groups is 1. The Bertz CT molecular complexity index is 1680. The van der Waals surface area contributed by atoms with Crippen LogP contribution in [0.5, 0.6) is 0 Å². The SMILES string of the molecule is CCCCCCCCCCCCCCCC(=O)OC(CCCCCCCCCCCC(C)C)CC(=O)N[C@@H]1[C@@H](O)[C@H](O)[C@@H](CO)O[C@H]1COC[C@H]1O[C@H](OP(=O)(O)O)[C@H](NC(=O)CC(O)CCCCCCCCCCCC(C)C)[C@@H](O)[C@@H]1O. The molecule has 490 valence electrons. The quantitative estimate of drug-likeness (QED) is 0.0154. The maximum atomic E-state index is 13.9. The molecular weight excluding hydrogens is 1090 g/mol. The third kappa shape index (κ3) is 37.6. The van der Waals surface area contributed by atoms with Crippen molar-refractivity contribution in [3.05, 3.63) is 0 Å². The van der Waals surface area contributed by atoms with E-state index in [4.69, 9.17) is 23.5 Å². The summed E-state index contributed by atoms with van der Waals surface area (Å²) < 4.78 is 40.3. The number of phosphoric acid groups is 1. The van der Waals surface area contributed by atoms with Gasteiger partial charge in [0, 0.05) is 6.42 Å². The van der Waals surface area contributed by atoms with E-state index in [9.17, 15) is 59.4 Å². The molecule has 10 N–H and O–H groups in total. The van der Waals surface area contributed by atoms with E-state index < -0.39 is 113 Å². The summed E-state index contributed by atoms with van der Waals surface area (Å²) >= 11 is 0. The number of amides is 2. The number of hydrogen-bond donors (Lipinski definition) is 10. The Morgan fingerprint density at radius 1 is 0.494 bits per heavy atom. The molecule has 0 spiro atoms. The van der Waals surface area contributed by atoms with E-state index in [2.05, 4.69) is 45.3 Å². The van der Waals surface area contributed by atoms with E-state index >= 15 is 0 Å². The summed E-state index contributed by atoms with van der Waals surface area (Å²) in [5.74, 6) is -0.283. The monoisotopic (exact) mass is 1210 g/mol. The van der Waals surface area contributed by atoms with Crippen molar-refractivity contribution in [1.82, 2.24) is 10.6 Å². The number of hydrogen-bond acceptors (Lipinski definition) is 15. The van der Waals surface area contributed by atoms with Gasteiger partial charge < -0.3 is 70.0 Å². The molecule has 0 bridgehead atoms. The van der Waals surface area contributed by atoms with Crippen LogP contribution in [0.1, 0.15) is 279 Å². The van der Waals surface area contributed by atoms with E-state index in [1.807, 2.05) is 0 Å². The highest BCUT2D eigenvalue weighted by atomic mass is 31.2. The first-order chi connectivity index (χ1) is 39.8. The van der Waals surface area contributed by atoms with Crippen molar-refractivity contribution in [2.24, 2.45) is 11.8 Å². The molecule has 0 aromatic carbocycles. The maximum Gasteiger partial charge on any atom is 0.472 e. The van der Waals surface area contributed by atoms with E-state index in [1.54, 1.807) is 0 Å². The lowest BCUT2D eigenvalue weighted by Gasteiger charge is -2.44. The minimum Gasteiger partial charge on any atom is -0.462 e. The Kier molecular flexibility index (Phi) is 43.9. The molecule has 2 saturated heterocycles. The summed E-state index contributed by atoms with van der Waals surface area (Å²) in [6, 6.07) is -2.99. The van der Waals surface area contributed by atoms with Gasteiger partial charge in [-0.2, -0.15) is 0 Å². The number of aliphatic hydroxyl groups is 6. The van der Waals surface area contributed by atoms with Gasteiger partial charge in [0.05, 0.1) is 44.8 Å². The second-order valence-corrected chi connectivity index (χ2v) is 26.4. The van der Waals surface area contributed by atoms with Crippen LogP contribution in [0.2, 0.25) is 0 Å². The fraction of sp³-hybridized carbons (Fsp3) is 0.952. The highest BCUT2D eigenvalue weighted by molar-refractivity contribution is 7.46. The minimum atomic E-state index is -5.32. The molecule has 2 unspecified atom stereocenters. The predicted molar refractivity (Wildman–Crippen MR) is 323 cm³/mol. The van der Waals surface area contributed by atoms with E-state index in [0.29, 0.717) is 25.7 Å². The van der Waals surface area contributed by atoms with Crippen LogP contribution in [0.15, 0.2) is 0 Å². The van der Waals surface area contributed by atoms with Crippen LogP contribution in [0, 0.1) is 11.8 Å². The van der Waals surface area contributed by atoms with Crippen molar-refractivity contribution in [1.29, 1.82) is 0 Å². The number of carbonyl (C=O) groups is 3. The fourth-order valence-electron chi connectivity index (χ4n) is 11.3. The first-order valence-electron chi connectivity index (χ1n) is 33.2. The summed E-state index contributed by atoms with van der Waals surface area (Å²) in [6.45, 7) is 9.49. The average molecular weight is 1210 g/mol. The van der Waals surface area contributed by atoms with Crippen LogP contribution in [0.25, 0.3) is 0 Å². The molecule has 2 heterocycles. The zero-order valence-electron chi connectivity index (χ0n) is 52.3. The molecule has 2 fully saturated rings. The van der Waals surface area contributed by atoms with Crippen LogP contribution in [0.3, 0.4) is 0 Å². The first-order valence-corrected chi connectivity index (χ1v) is 34.7. The van der Waals surface area contributed by atoms with Crippen molar-refractivity contribution < 1.29 is 82.8 Å². The fourth-order valence-corrected chi connectivity index (χ4v) is 11.8. The number of esters is 1. The molecule has 2 rings (SSSR count). The van der Waals surface area contributed by atoms with Crippen LogP contribution in [0.4, 0.5) is 0 Å². The number of ether oxygens (including phenoxy) is 4. The second-order valence-electron chi connectivity index (χ2n) is 25.2. The highest BCUT2D eigenvalue weighted by Crippen LogP contribution is 2.41. The molecule has 0 aliphatic carbocycles. The first kappa shape index (κ1) is 77.3.